The van der Waals surface area contributed by atoms with Crippen LogP contribution in [0.4, 0.5) is 0 Å². The van der Waals surface area contributed by atoms with Crippen molar-refractivity contribution in [1.29, 1.82) is 0 Å². The fraction of sp³-hybridized carbons (Fsp3) is 0.0769. The highest BCUT2D eigenvalue weighted by atomic mass is 16.5. The zero-order chi connectivity index (χ0) is 12.7. The van der Waals surface area contributed by atoms with Crippen molar-refractivity contribution in [1.82, 2.24) is 9.97 Å². The average Bonchev–Trinajstić information content (AvgIpc) is 2.91. The third kappa shape index (κ3) is 1.48. The van der Waals surface area contributed by atoms with Crippen molar-refractivity contribution >= 4 is 10.9 Å². The van der Waals surface area contributed by atoms with Gasteiger partial charge in [-0.3, -0.25) is 4.98 Å². The Morgan fingerprint density at radius 3 is 2.61 bits per heavy atom. The molecule has 0 atom stereocenters. The smallest absolute Gasteiger partial charge is 0.199 e. The van der Waals surface area contributed by atoms with E-state index in [-0.39, 0.29) is 11.8 Å². The third-order valence-corrected chi connectivity index (χ3v) is 2.96. The van der Waals surface area contributed by atoms with E-state index in [1.807, 2.05) is 18.2 Å². The first-order chi connectivity index (χ1) is 8.69. The maximum Gasteiger partial charge on any atom is 0.199 e. The maximum atomic E-state index is 9.73. The number of benzene rings is 1. The van der Waals surface area contributed by atoms with Gasteiger partial charge in [-0.1, -0.05) is 0 Å². The Morgan fingerprint density at radius 2 is 1.94 bits per heavy atom. The Bertz CT molecular complexity index is 712. The van der Waals surface area contributed by atoms with E-state index in [0.29, 0.717) is 5.56 Å². The van der Waals surface area contributed by atoms with Crippen LogP contribution in [0.2, 0.25) is 0 Å². The molecular weight excluding hydrogens is 232 g/mol. The minimum atomic E-state index is -0.0697. The fourth-order valence-electron chi connectivity index (χ4n) is 2.08. The van der Waals surface area contributed by atoms with Gasteiger partial charge in [0.05, 0.1) is 7.11 Å². The summed E-state index contributed by atoms with van der Waals surface area (Å²) in [6, 6.07) is 7.13. The van der Waals surface area contributed by atoms with Gasteiger partial charge in [-0.15, -0.1) is 0 Å². The molecule has 3 rings (SSSR count). The second-order valence-electron chi connectivity index (χ2n) is 4.03. The van der Waals surface area contributed by atoms with Crippen LogP contribution in [0.1, 0.15) is 0 Å². The number of hydrogen-bond acceptors (Lipinski definition) is 3. The number of methoxy groups -OCH3 is 1. The molecule has 5 heteroatoms. The highest BCUT2D eigenvalue weighted by Crippen LogP contribution is 2.37. The molecule has 0 fully saturated rings. The molecule has 0 aliphatic rings. The van der Waals surface area contributed by atoms with E-state index in [2.05, 4.69) is 9.97 Å². The minimum absolute atomic E-state index is 0.0591. The summed E-state index contributed by atoms with van der Waals surface area (Å²) in [6.45, 7) is 0. The Labute approximate surface area is 103 Å². The second-order valence-corrected chi connectivity index (χ2v) is 4.03. The van der Waals surface area contributed by atoms with Crippen LogP contribution in [0.5, 0.6) is 17.5 Å². The Kier molecular flexibility index (Phi) is 2.19. The molecule has 3 aromatic rings. The van der Waals surface area contributed by atoms with Gasteiger partial charge in [0.25, 0.3) is 0 Å². The molecule has 0 saturated heterocycles. The number of aromatic nitrogens is 2. The van der Waals surface area contributed by atoms with Gasteiger partial charge in [-0.2, -0.15) is 0 Å². The number of fused-ring (bicyclic) bond motifs is 1. The van der Waals surface area contributed by atoms with E-state index in [9.17, 15) is 10.2 Å². The third-order valence-electron chi connectivity index (χ3n) is 2.96. The minimum Gasteiger partial charge on any atom is -0.497 e. The predicted molar refractivity (Wildman–Crippen MR) is 68.0 cm³/mol. The van der Waals surface area contributed by atoms with Crippen LogP contribution in [-0.2, 0) is 0 Å². The molecular formula is C13H12N2O3. The quantitative estimate of drug-likeness (QED) is 0.559. The maximum absolute atomic E-state index is 9.73. The van der Waals surface area contributed by atoms with E-state index >= 15 is 0 Å². The van der Waals surface area contributed by atoms with Gasteiger partial charge >= 0.3 is 0 Å². The van der Waals surface area contributed by atoms with Crippen LogP contribution in [0, 0.1) is 0 Å². The van der Waals surface area contributed by atoms with E-state index in [4.69, 9.17) is 4.74 Å². The fourth-order valence-corrected chi connectivity index (χ4v) is 2.08. The lowest BCUT2D eigenvalue weighted by Gasteiger charge is -2.01. The lowest BCUT2D eigenvalue weighted by atomic mass is 10.1. The van der Waals surface area contributed by atoms with Gasteiger partial charge in [0.2, 0.25) is 0 Å². The highest BCUT2D eigenvalue weighted by Gasteiger charge is 2.13. The van der Waals surface area contributed by atoms with E-state index in [0.717, 1.165) is 22.2 Å². The largest absolute Gasteiger partial charge is 0.497 e. The molecule has 92 valence electrons. The van der Waals surface area contributed by atoms with Crippen LogP contribution >= 0.6 is 0 Å². The van der Waals surface area contributed by atoms with Gasteiger partial charge in [-0.25, -0.2) is 0 Å². The Morgan fingerprint density at radius 1 is 1.11 bits per heavy atom. The summed E-state index contributed by atoms with van der Waals surface area (Å²) in [5.41, 5.74) is 2.29. The molecule has 4 N–H and O–H groups in total. The summed E-state index contributed by atoms with van der Waals surface area (Å²) >= 11 is 0. The molecule has 18 heavy (non-hydrogen) atoms. The molecule has 0 unspecified atom stereocenters. The summed E-state index contributed by atoms with van der Waals surface area (Å²) in [5.74, 6) is 0.610. The molecule has 0 spiro atoms. The number of nitrogens with one attached hydrogen (secondary N) is 2. The lowest BCUT2D eigenvalue weighted by Crippen LogP contribution is -1.81. The summed E-state index contributed by atoms with van der Waals surface area (Å²) in [4.78, 5) is 5.57. The second kappa shape index (κ2) is 3.73. The number of aromatic hydroxyl groups is 2. The summed E-state index contributed by atoms with van der Waals surface area (Å²) in [5, 5.41) is 20.0. The normalized spacial score (nSPS) is 10.9. The van der Waals surface area contributed by atoms with Crippen LogP contribution < -0.4 is 4.74 Å². The van der Waals surface area contributed by atoms with Gasteiger partial charge in [0.15, 0.2) is 11.8 Å². The van der Waals surface area contributed by atoms with Crippen molar-refractivity contribution in [3.05, 3.63) is 30.5 Å². The monoisotopic (exact) mass is 244 g/mol. The van der Waals surface area contributed by atoms with Crippen molar-refractivity contribution < 1.29 is 14.9 Å². The number of aromatic amines is 2. The van der Waals surface area contributed by atoms with E-state index in [1.165, 1.54) is 6.07 Å². The van der Waals surface area contributed by atoms with Crippen LogP contribution in [0.15, 0.2) is 30.5 Å². The summed E-state index contributed by atoms with van der Waals surface area (Å²) in [6.07, 6.45) is 1.78. The van der Waals surface area contributed by atoms with Crippen molar-refractivity contribution in [2.24, 2.45) is 0 Å². The van der Waals surface area contributed by atoms with Crippen molar-refractivity contribution in [3.63, 3.8) is 0 Å². The van der Waals surface area contributed by atoms with Gasteiger partial charge in [0.1, 0.15) is 5.75 Å². The molecule has 2 heterocycles. The molecule has 0 saturated carbocycles. The standard InChI is InChI=1S/C13H12N2O3/c1-18-7-2-3-11-8(4-7)10(6-14-11)9-5-12(16)15-13(9)17/h2-6,14-17H,1H3. The molecule has 0 aliphatic heterocycles. The predicted octanol–water partition coefficient (Wildman–Crippen LogP) is 2.58. The number of ether oxygens (including phenoxy) is 1. The molecule has 0 aliphatic carbocycles. The molecule has 0 bridgehead atoms. The van der Waals surface area contributed by atoms with Crippen molar-refractivity contribution in [2.45, 2.75) is 0 Å². The Balaban J connectivity index is 2.25. The summed E-state index contributed by atoms with van der Waals surface area (Å²) in [7, 11) is 1.60. The van der Waals surface area contributed by atoms with Crippen molar-refractivity contribution in [3.8, 4) is 28.6 Å². The van der Waals surface area contributed by atoms with E-state index in [1.54, 1.807) is 13.3 Å². The zero-order valence-electron chi connectivity index (χ0n) is 9.69. The average molecular weight is 244 g/mol. The van der Waals surface area contributed by atoms with Crippen molar-refractivity contribution in [2.75, 3.05) is 7.11 Å². The van der Waals surface area contributed by atoms with Gasteiger partial charge in [-0.05, 0) is 18.2 Å². The molecule has 2 aromatic heterocycles. The number of H-pyrrole nitrogens is 2. The van der Waals surface area contributed by atoms with Crippen LogP contribution in [0.25, 0.3) is 22.0 Å². The van der Waals surface area contributed by atoms with E-state index < -0.39 is 0 Å². The number of rotatable bonds is 2. The molecule has 0 radical (unpaired) electrons. The molecule has 0 amide bonds. The first-order valence-corrected chi connectivity index (χ1v) is 5.45. The first kappa shape index (κ1) is 10.6. The van der Waals surface area contributed by atoms with Crippen LogP contribution in [-0.4, -0.2) is 27.3 Å². The topological polar surface area (TPSA) is 81.3 Å². The first-order valence-electron chi connectivity index (χ1n) is 5.45. The van der Waals surface area contributed by atoms with Gasteiger partial charge < -0.3 is 19.9 Å². The Hall–Kier alpha value is -2.56. The summed E-state index contributed by atoms with van der Waals surface area (Å²) < 4.78 is 5.18. The highest BCUT2D eigenvalue weighted by molar-refractivity contribution is 5.97. The SMILES string of the molecule is COc1ccc2[nH]cc(-c3cc(O)[nH]c3O)c2c1. The van der Waals surface area contributed by atoms with Crippen LogP contribution in [0.3, 0.4) is 0 Å². The van der Waals surface area contributed by atoms with Gasteiger partial charge in [0, 0.05) is 34.3 Å². The molecule has 5 nitrogen and oxygen atoms in total. The number of hydrogen-bond donors (Lipinski definition) is 4. The molecule has 1 aromatic carbocycles. The zero-order valence-corrected chi connectivity index (χ0v) is 9.69. The lowest BCUT2D eigenvalue weighted by molar-refractivity contribution is 0.415.